The molecule has 0 bridgehead atoms. The van der Waals surface area contributed by atoms with Gasteiger partial charge in [0.15, 0.2) is 17.4 Å². The second-order valence-electron chi connectivity index (χ2n) is 0. The van der Waals surface area contributed by atoms with Crippen LogP contribution in [0.1, 0.15) is 0 Å². The Hall–Kier alpha value is 1.37. The molecule has 0 saturated heterocycles. The zero-order valence-corrected chi connectivity index (χ0v) is 2.77. The van der Waals surface area contributed by atoms with Crippen LogP contribution in [0.25, 0.3) is 0 Å². The molecular formula is H7AlHeSiTi. The second-order valence-corrected chi connectivity index (χ2v) is 0. The largest absolute Gasteiger partial charge is 0.187 e. The first-order chi connectivity index (χ1) is 0. The first kappa shape index (κ1) is 54.5. The number of rotatable bonds is 0. The van der Waals surface area contributed by atoms with Crippen molar-refractivity contribution in [2.45, 2.75) is 0 Å². The van der Waals surface area contributed by atoms with Crippen LogP contribution in [0.4, 0.5) is 0 Å². The summed E-state index contributed by atoms with van der Waals surface area (Å²) in [6.45, 7) is 0. The van der Waals surface area contributed by atoms with E-state index in [4.69, 9.17) is 0 Å². The van der Waals surface area contributed by atoms with Gasteiger partial charge in [0.1, 0.15) is 0 Å². The fourth-order valence-corrected chi connectivity index (χ4v) is 0. The van der Waals surface area contributed by atoms with Crippen LogP contribution in [0.5, 0.6) is 0 Å². The van der Waals surface area contributed by atoms with E-state index in [1.54, 1.807) is 0 Å². The van der Waals surface area contributed by atoms with Crippen molar-refractivity contribution in [2.24, 2.45) is 0 Å². The van der Waals surface area contributed by atoms with E-state index in [9.17, 15) is 0 Å². The van der Waals surface area contributed by atoms with Crippen molar-refractivity contribution in [2.75, 3.05) is 0 Å². The van der Waals surface area contributed by atoms with Crippen LogP contribution < -0.4 is 0 Å². The summed E-state index contributed by atoms with van der Waals surface area (Å²) in [7, 11) is 0. The standard InChI is InChI=1S/Al.He.H4Si.Ti.3H/h;;1H4;;;;. The van der Waals surface area contributed by atoms with Crippen molar-refractivity contribution < 1.29 is 27.9 Å². The van der Waals surface area contributed by atoms with Crippen LogP contribution in [0.2, 0.25) is 0 Å². The van der Waals surface area contributed by atoms with Gasteiger partial charge in [-0.1, -0.05) is 0 Å². The Morgan fingerprint density at radius 1 is 1.00 bits per heavy atom. The first-order valence-electron chi connectivity index (χ1n) is 0. The van der Waals surface area contributed by atoms with Gasteiger partial charge in [0.25, 0.3) is 0 Å². The maximum atomic E-state index is 0. The molecule has 0 aromatic carbocycles. The molecule has 0 rings (SSSR count). The van der Waals surface area contributed by atoms with E-state index in [0.29, 0.717) is 0 Å². The predicted molar refractivity (Wildman–Crippen MR) is 21.3 cm³/mol. The molecule has 0 heterocycles. The van der Waals surface area contributed by atoms with Crippen LogP contribution in [0.15, 0.2) is 0 Å². The van der Waals surface area contributed by atoms with E-state index in [1.165, 1.54) is 0 Å². The average Bonchev–Trinajstić information content (AvgIpc) is 0. The van der Waals surface area contributed by atoms with Gasteiger partial charge >= 0.3 is 0 Å². The Labute approximate surface area is 56.2 Å². The minimum atomic E-state index is 0. The van der Waals surface area contributed by atoms with Gasteiger partial charge in [-0.25, -0.2) is 0 Å². The van der Waals surface area contributed by atoms with E-state index >= 15 is 0 Å². The molecule has 0 saturated carbocycles. The van der Waals surface area contributed by atoms with Gasteiger partial charge in [-0.05, 0) is 11.0 Å². The quantitative estimate of drug-likeness (QED) is 0.302. The van der Waals surface area contributed by atoms with E-state index < -0.39 is 0 Å². The molecule has 0 aromatic heterocycles. The monoisotopic (exact) mass is 114 g/mol. The third-order valence-corrected chi connectivity index (χ3v) is 0. The summed E-state index contributed by atoms with van der Waals surface area (Å²) in [6, 6.07) is 0. The summed E-state index contributed by atoms with van der Waals surface area (Å²) in [6.07, 6.45) is 0. The Kier molecular flexibility index (Phi) is 360. The normalized spacial score (nSPS) is 0. The SMILES string of the molecule is [AlH3].[He].[SiH4].[Ti]. The van der Waals surface area contributed by atoms with Gasteiger partial charge in [0, 0.05) is 27.9 Å². The molecule has 0 spiro atoms. The number of hydrogen-bond donors (Lipinski definition) is 0. The smallest absolute Gasteiger partial charge is 0.0149 e. The summed E-state index contributed by atoms with van der Waals surface area (Å²) in [4.78, 5) is 0. The predicted octanol–water partition coefficient (Wildman–Crippen LogP) is -2.64. The van der Waals surface area contributed by atoms with E-state index in [2.05, 4.69) is 0 Å². The van der Waals surface area contributed by atoms with Crippen molar-refractivity contribution in [1.29, 1.82) is 0 Å². The zero-order valence-electron chi connectivity index (χ0n) is 1.21. The van der Waals surface area contributed by atoms with Gasteiger partial charge in [0.2, 0.25) is 0 Å². The number of hydrogen-bond acceptors (Lipinski definition) is 0. The summed E-state index contributed by atoms with van der Waals surface area (Å²) in [5.74, 6) is 0. The van der Waals surface area contributed by atoms with Gasteiger partial charge in [-0.2, -0.15) is 0 Å². The minimum Gasteiger partial charge on any atom is -0.0149 e. The molecule has 0 aliphatic rings. The summed E-state index contributed by atoms with van der Waals surface area (Å²) < 4.78 is 0. The first-order valence-corrected chi connectivity index (χ1v) is 0. The Morgan fingerprint density at radius 2 is 1.00 bits per heavy atom. The molecule has 0 aliphatic carbocycles. The molecular weight excluding hydrogens is 107 g/mol. The molecule has 0 aliphatic heterocycles. The minimum absolute atomic E-state index is 0. The van der Waals surface area contributed by atoms with Crippen molar-refractivity contribution in [3.63, 3.8) is 0 Å². The van der Waals surface area contributed by atoms with E-state index in [1.807, 2.05) is 0 Å². The van der Waals surface area contributed by atoms with Crippen LogP contribution in [-0.2, 0) is 21.7 Å². The maximum Gasteiger partial charge on any atom is 0.187 e. The fourth-order valence-electron chi connectivity index (χ4n) is 0. The van der Waals surface area contributed by atoms with Gasteiger partial charge < -0.3 is 0 Å². The fraction of sp³-hybridized carbons (Fsp3) is 0. The Bertz CT molecular complexity index is 8.00. The van der Waals surface area contributed by atoms with Crippen molar-refractivity contribution in [1.82, 2.24) is 0 Å². The third kappa shape index (κ3) is 10.1. The summed E-state index contributed by atoms with van der Waals surface area (Å²) in [5, 5.41) is 0. The van der Waals surface area contributed by atoms with E-state index in [0.717, 1.165) is 0 Å². The van der Waals surface area contributed by atoms with Crippen molar-refractivity contribution >= 4 is 28.3 Å². The molecule has 0 nitrogen and oxygen atoms in total. The van der Waals surface area contributed by atoms with Gasteiger partial charge in [-0.15, -0.1) is 0 Å². The summed E-state index contributed by atoms with van der Waals surface area (Å²) in [5.41, 5.74) is 0. The average molecular weight is 114 g/mol. The van der Waals surface area contributed by atoms with Crippen molar-refractivity contribution in [3.05, 3.63) is 0 Å². The second kappa shape index (κ2) is 26.4. The molecule has 4 heavy (non-hydrogen) atoms. The van der Waals surface area contributed by atoms with Gasteiger partial charge in [-0.3, -0.25) is 0 Å². The molecule has 4 heteroatoms. The molecule has 0 amide bonds. The van der Waals surface area contributed by atoms with Crippen LogP contribution >= 0.6 is 0 Å². The topological polar surface area (TPSA) is 0 Å². The van der Waals surface area contributed by atoms with Crippen LogP contribution in [0, 0.1) is 6.15 Å². The molecule has 20 valence electrons. The molecule has 0 unspecified atom stereocenters. The third-order valence-electron chi connectivity index (χ3n) is 0. The van der Waals surface area contributed by atoms with Crippen LogP contribution in [-0.4, -0.2) is 28.3 Å². The molecule has 0 fully saturated rings. The molecule has 0 N–H and O–H groups in total. The van der Waals surface area contributed by atoms with Gasteiger partial charge in [0.05, 0.1) is 0 Å². The zero-order chi connectivity index (χ0) is 0. The summed E-state index contributed by atoms with van der Waals surface area (Å²) >= 11 is 0. The molecule has 0 atom stereocenters. The molecule has 0 radical (unpaired) electrons. The van der Waals surface area contributed by atoms with Crippen molar-refractivity contribution in [3.8, 4) is 0 Å². The van der Waals surface area contributed by atoms with E-state index in [-0.39, 0.29) is 56.2 Å². The Balaban J connectivity index is 0. The maximum absolute atomic E-state index is 0. The van der Waals surface area contributed by atoms with Crippen LogP contribution in [0.3, 0.4) is 0 Å². The Morgan fingerprint density at radius 3 is 1.00 bits per heavy atom. The molecule has 0 aromatic rings.